The van der Waals surface area contributed by atoms with Gasteiger partial charge in [-0.2, -0.15) is 23.1 Å². The number of aliphatic hydroxyl groups excluding tert-OH is 2. The molecule has 0 unspecified atom stereocenters. The van der Waals surface area contributed by atoms with Gasteiger partial charge in [0.2, 0.25) is 11.9 Å². The van der Waals surface area contributed by atoms with E-state index in [2.05, 4.69) is 45.5 Å². The van der Waals surface area contributed by atoms with Gasteiger partial charge in [-0.1, -0.05) is 97.9 Å². The second kappa shape index (κ2) is 20.5. The van der Waals surface area contributed by atoms with Crippen LogP contribution < -0.4 is 30.9 Å². The highest BCUT2D eigenvalue weighted by molar-refractivity contribution is 5.91. The number of carboxylic acid groups (broad SMARTS) is 1. The summed E-state index contributed by atoms with van der Waals surface area (Å²) in [5.74, 6) is -0.830. The number of nitrogens with one attached hydrogen (secondary N) is 4. The van der Waals surface area contributed by atoms with Gasteiger partial charge in [-0.15, -0.1) is 0 Å². The van der Waals surface area contributed by atoms with Crippen LogP contribution in [0.2, 0.25) is 0 Å². The van der Waals surface area contributed by atoms with Gasteiger partial charge in [0.1, 0.15) is 18.0 Å². The first-order chi connectivity index (χ1) is 31.3. The zero-order valence-corrected chi connectivity index (χ0v) is 35.1. The van der Waals surface area contributed by atoms with Crippen LogP contribution in [0.15, 0.2) is 122 Å². The van der Waals surface area contributed by atoms with Crippen molar-refractivity contribution in [3.63, 3.8) is 0 Å². The minimum absolute atomic E-state index is 0.00482. The normalized spacial score (nSPS) is 19.3. The highest BCUT2D eigenvalue weighted by Gasteiger charge is 2.44. The van der Waals surface area contributed by atoms with Crippen molar-refractivity contribution in [2.24, 2.45) is 0 Å². The summed E-state index contributed by atoms with van der Waals surface area (Å²) in [6.07, 6.45) is -4.60. The van der Waals surface area contributed by atoms with E-state index in [1.165, 1.54) is 0 Å². The highest BCUT2D eigenvalue weighted by atomic mass is 19.4. The number of benzene rings is 4. The number of carbonyl (C=O) groups is 3. The Morgan fingerprint density at radius 2 is 1.46 bits per heavy atom. The number of aliphatic carboxylic acids is 1. The number of carboxylic acids is 1. The Morgan fingerprint density at radius 3 is 2.09 bits per heavy atom. The fourth-order valence-electron chi connectivity index (χ4n) is 7.82. The van der Waals surface area contributed by atoms with E-state index in [1.54, 1.807) is 30.0 Å². The Labute approximate surface area is 371 Å². The van der Waals surface area contributed by atoms with Crippen LogP contribution in [-0.2, 0) is 9.59 Å². The molecule has 1 saturated carbocycles. The molecule has 4 aromatic carbocycles. The van der Waals surface area contributed by atoms with Crippen LogP contribution in [0.3, 0.4) is 0 Å². The molecule has 0 spiro atoms. The van der Waals surface area contributed by atoms with Gasteiger partial charge in [-0.05, 0) is 48.2 Å². The molecule has 19 heteroatoms. The van der Waals surface area contributed by atoms with Crippen molar-refractivity contribution < 1.29 is 47.6 Å². The zero-order valence-electron chi connectivity index (χ0n) is 35.1. The van der Waals surface area contributed by atoms with Crippen molar-refractivity contribution in [3.8, 4) is 11.5 Å². The van der Waals surface area contributed by atoms with Crippen molar-refractivity contribution in [3.05, 3.63) is 133 Å². The molecular weight excluding hydrogens is 848 g/mol. The Hall–Kier alpha value is -7.25. The van der Waals surface area contributed by atoms with Crippen LogP contribution in [0.1, 0.15) is 49.3 Å². The molecule has 5 atom stereocenters. The summed E-state index contributed by atoms with van der Waals surface area (Å²) < 4.78 is 39.5. The molecule has 2 aromatic heterocycles. The summed E-state index contributed by atoms with van der Waals surface area (Å²) >= 11 is 0. The lowest BCUT2D eigenvalue weighted by molar-refractivity contribution is -0.192. The molecular formula is C46H48F3N9O7. The number of fused-ring (bicyclic) bond motifs is 1. The molecule has 3 amide bonds. The lowest BCUT2D eigenvalue weighted by atomic mass is 9.91. The van der Waals surface area contributed by atoms with Crippen molar-refractivity contribution in [1.82, 2.24) is 30.2 Å². The summed E-state index contributed by atoms with van der Waals surface area (Å²) in [7, 11) is 0. The number of alkyl halides is 3. The molecule has 2 aliphatic rings. The van der Waals surface area contributed by atoms with Crippen LogP contribution in [0.25, 0.3) is 11.2 Å². The van der Waals surface area contributed by atoms with Gasteiger partial charge >= 0.3 is 18.2 Å². The quantitative estimate of drug-likeness (QED) is 0.0666. The predicted octanol–water partition coefficient (Wildman–Crippen LogP) is 6.46. The number of ether oxygens (including phenoxy) is 1. The number of carbonyl (C=O) groups excluding carboxylic acids is 2. The Bertz CT molecular complexity index is 2510. The molecule has 340 valence electrons. The molecule has 6 aromatic rings. The molecule has 1 aliphatic carbocycles. The number of hydrogen-bond acceptors (Lipinski definition) is 11. The van der Waals surface area contributed by atoms with Gasteiger partial charge in [0.05, 0.1) is 24.1 Å². The van der Waals surface area contributed by atoms with Crippen LogP contribution in [0.4, 0.5) is 35.4 Å². The largest absolute Gasteiger partial charge is 0.490 e. The smallest absolute Gasteiger partial charge is 0.475 e. The number of imidazole rings is 1. The fourth-order valence-corrected chi connectivity index (χ4v) is 7.82. The number of halogens is 3. The van der Waals surface area contributed by atoms with E-state index < -0.39 is 36.4 Å². The zero-order chi connectivity index (χ0) is 46.1. The second-order valence-corrected chi connectivity index (χ2v) is 15.5. The van der Waals surface area contributed by atoms with E-state index >= 15 is 0 Å². The van der Waals surface area contributed by atoms with Crippen molar-refractivity contribution in [2.75, 3.05) is 35.2 Å². The molecule has 1 saturated heterocycles. The summed E-state index contributed by atoms with van der Waals surface area (Å²) in [6.45, 7) is 3.26. The van der Waals surface area contributed by atoms with Crippen LogP contribution in [-0.4, -0.2) is 103 Å². The van der Waals surface area contributed by atoms with Gasteiger partial charge in [-0.25, -0.2) is 14.6 Å². The summed E-state index contributed by atoms with van der Waals surface area (Å²) in [4.78, 5) is 51.3. The third-order valence-electron chi connectivity index (χ3n) is 11.1. The number of para-hydroxylation sites is 3. The lowest BCUT2D eigenvalue weighted by Crippen LogP contribution is -2.42. The number of anilines is 3. The third-order valence-corrected chi connectivity index (χ3v) is 11.1. The van der Waals surface area contributed by atoms with Crippen molar-refractivity contribution >= 4 is 46.5 Å². The van der Waals surface area contributed by atoms with E-state index in [9.17, 15) is 33.0 Å². The topological polar surface area (TPSA) is 216 Å². The summed E-state index contributed by atoms with van der Waals surface area (Å²) in [5, 5.41) is 41.8. The lowest BCUT2D eigenvalue weighted by Gasteiger charge is -2.22. The Kier molecular flexibility index (Phi) is 14.4. The SMILES string of the molecule is CCC(=O)N[C@H]1C[C@@H](n2cnc3c(NCC(c4ccccc4)c4ccccc4)nc(N4CC[C@@H](NC(=O)Nc5ccccc5Oc5ccccc5)C4)nc32)[C@H](O)[C@@H]1O.O=C(O)C(F)(F)F. The van der Waals surface area contributed by atoms with E-state index in [-0.39, 0.29) is 36.7 Å². The fraction of sp³-hybridized carbons (Fsp3) is 0.304. The molecule has 3 heterocycles. The number of aliphatic hydroxyl groups is 2. The molecule has 1 aliphatic heterocycles. The number of amides is 3. The van der Waals surface area contributed by atoms with E-state index in [0.29, 0.717) is 66.2 Å². The average Bonchev–Trinajstić information content (AvgIpc) is 4.02. The van der Waals surface area contributed by atoms with E-state index in [0.717, 1.165) is 11.1 Å². The van der Waals surface area contributed by atoms with Crippen molar-refractivity contribution in [2.45, 2.75) is 68.6 Å². The first kappa shape index (κ1) is 45.8. The monoisotopic (exact) mass is 895 g/mol. The number of rotatable bonds is 13. The first-order valence-electron chi connectivity index (χ1n) is 21.0. The van der Waals surface area contributed by atoms with Crippen LogP contribution in [0, 0.1) is 0 Å². The van der Waals surface area contributed by atoms with Crippen LogP contribution in [0.5, 0.6) is 11.5 Å². The van der Waals surface area contributed by atoms with Gasteiger partial charge < -0.3 is 50.8 Å². The molecule has 0 bridgehead atoms. The number of nitrogens with zero attached hydrogens (tertiary/aromatic N) is 5. The maximum absolute atomic E-state index is 13.3. The number of aromatic nitrogens is 4. The van der Waals surface area contributed by atoms with Gasteiger partial charge in [0.15, 0.2) is 22.7 Å². The number of urea groups is 1. The number of hydrogen-bond donors (Lipinski definition) is 7. The molecule has 16 nitrogen and oxygen atoms in total. The maximum atomic E-state index is 13.3. The maximum Gasteiger partial charge on any atom is 0.490 e. The molecule has 65 heavy (non-hydrogen) atoms. The molecule has 8 rings (SSSR count). The minimum atomic E-state index is -5.08. The Morgan fingerprint density at radius 1 is 0.846 bits per heavy atom. The van der Waals surface area contributed by atoms with Gasteiger partial charge in [-0.3, -0.25) is 4.79 Å². The van der Waals surface area contributed by atoms with Gasteiger partial charge in [0.25, 0.3) is 0 Å². The van der Waals surface area contributed by atoms with Gasteiger partial charge in [0, 0.05) is 38.0 Å². The Balaban J connectivity index is 0.000000833. The summed E-state index contributed by atoms with van der Waals surface area (Å²) in [5.41, 5.74) is 3.81. The standard InChI is InChI=1S/C44H47N9O5.C2HF3O2/c1-2-37(54)48-34-24-35(40(56)39(34)55)53-27-46-38-41(45-25-32(28-14-6-3-7-15-28)29-16-8-4-9-17-29)50-43(51-42(38)53)52-23-22-30(26-52)47-44(57)49-33-20-12-13-21-36(33)58-31-18-10-5-11-19-31;3-2(4,5)1(6)7/h3-21,27,30,32,34-35,39-40,55-56H,2,22-26H2,1H3,(H,48,54)(H,45,50,51)(H2,47,49,57);(H,6,7)/t30-,34+,35-,39-,40+;/m1./s1. The van der Waals surface area contributed by atoms with Crippen molar-refractivity contribution in [1.29, 1.82) is 0 Å². The van der Waals surface area contributed by atoms with Crippen LogP contribution >= 0.6 is 0 Å². The second-order valence-electron chi connectivity index (χ2n) is 15.5. The highest BCUT2D eigenvalue weighted by Crippen LogP contribution is 2.36. The third kappa shape index (κ3) is 11.3. The predicted molar refractivity (Wildman–Crippen MR) is 236 cm³/mol. The van der Waals surface area contributed by atoms with E-state index in [4.69, 9.17) is 29.6 Å². The van der Waals surface area contributed by atoms with E-state index in [1.807, 2.05) is 83.8 Å². The molecule has 7 N–H and O–H groups in total. The molecule has 0 radical (unpaired) electrons. The average molecular weight is 896 g/mol. The summed E-state index contributed by atoms with van der Waals surface area (Å²) in [6, 6.07) is 35.4. The minimum Gasteiger partial charge on any atom is -0.475 e. The first-order valence-corrected chi connectivity index (χ1v) is 21.0. The molecule has 2 fully saturated rings.